The van der Waals surface area contributed by atoms with Crippen molar-refractivity contribution in [2.75, 3.05) is 13.7 Å². The molecule has 0 saturated heterocycles. The number of aromatic nitrogens is 1. The number of amides is 1. The van der Waals surface area contributed by atoms with Crippen molar-refractivity contribution in [3.8, 4) is 5.75 Å². The summed E-state index contributed by atoms with van der Waals surface area (Å²) in [6, 6.07) is 12.0. The summed E-state index contributed by atoms with van der Waals surface area (Å²) in [5.41, 5.74) is 1.62. The van der Waals surface area contributed by atoms with Gasteiger partial charge in [-0.25, -0.2) is 0 Å². The van der Waals surface area contributed by atoms with Gasteiger partial charge in [0.1, 0.15) is 11.4 Å². The summed E-state index contributed by atoms with van der Waals surface area (Å²) in [6.45, 7) is 0.699. The zero-order valence-electron chi connectivity index (χ0n) is 14.3. The minimum absolute atomic E-state index is 0.0435. The molecule has 1 aliphatic carbocycles. The number of hydrogen-bond donors (Lipinski definition) is 2. The summed E-state index contributed by atoms with van der Waals surface area (Å²) in [6.07, 6.45) is 4.77. The van der Waals surface area contributed by atoms with Gasteiger partial charge in [0.15, 0.2) is 0 Å². The number of nitrogens with one attached hydrogen (secondary N) is 2. The SMILES string of the molecule is COc1ccc2cc(C(=O)NCC3(c4cccs4)CCCC3)[nH]c2c1. The number of methoxy groups -OCH3 is 1. The van der Waals surface area contributed by atoms with Crippen molar-refractivity contribution >= 4 is 28.1 Å². The van der Waals surface area contributed by atoms with Gasteiger partial charge in [0.2, 0.25) is 0 Å². The predicted molar refractivity (Wildman–Crippen MR) is 102 cm³/mol. The van der Waals surface area contributed by atoms with E-state index in [4.69, 9.17) is 4.74 Å². The van der Waals surface area contributed by atoms with Crippen LogP contribution >= 0.6 is 11.3 Å². The molecule has 0 radical (unpaired) electrons. The highest BCUT2D eigenvalue weighted by Crippen LogP contribution is 2.42. The lowest BCUT2D eigenvalue weighted by Crippen LogP contribution is -2.38. The molecule has 1 aromatic carbocycles. The van der Waals surface area contributed by atoms with E-state index in [1.54, 1.807) is 18.4 Å². The molecule has 2 heterocycles. The summed E-state index contributed by atoms with van der Waals surface area (Å²) in [5.74, 6) is 0.738. The van der Waals surface area contributed by atoms with Crippen molar-refractivity contribution in [2.24, 2.45) is 0 Å². The molecule has 2 N–H and O–H groups in total. The monoisotopic (exact) mass is 354 g/mol. The Balaban J connectivity index is 1.52. The highest BCUT2D eigenvalue weighted by atomic mass is 32.1. The number of ether oxygens (including phenoxy) is 1. The standard InChI is InChI=1S/C20H22N2O2S/c1-24-15-7-6-14-11-17(22-16(14)12-15)19(23)21-13-20(8-2-3-9-20)18-5-4-10-25-18/h4-7,10-12,22H,2-3,8-9,13H2,1H3,(H,21,23). The summed E-state index contributed by atoms with van der Waals surface area (Å²) < 4.78 is 5.24. The fourth-order valence-electron chi connectivity index (χ4n) is 3.84. The molecule has 4 nitrogen and oxygen atoms in total. The van der Waals surface area contributed by atoms with Gasteiger partial charge in [-0.15, -0.1) is 11.3 Å². The van der Waals surface area contributed by atoms with Crippen molar-refractivity contribution in [1.82, 2.24) is 10.3 Å². The van der Waals surface area contributed by atoms with Gasteiger partial charge in [0.05, 0.1) is 7.11 Å². The van der Waals surface area contributed by atoms with E-state index in [0.29, 0.717) is 12.2 Å². The number of hydrogen-bond acceptors (Lipinski definition) is 3. The molecule has 3 aromatic rings. The Hall–Kier alpha value is -2.27. The second kappa shape index (κ2) is 6.56. The molecule has 25 heavy (non-hydrogen) atoms. The third-order valence-electron chi connectivity index (χ3n) is 5.27. The van der Waals surface area contributed by atoms with Crippen LogP contribution in [0.5, 0.6) is 5.75 Å². The average Bonchev–Trinajstić information content (AvgIpc) is 3.39. The molecular weight excluding hydrogens is 332 g/mol. The van der Waals surface area contributed by atoms with E-state index in [0.717, 1.165) is 29.5 Å². The first-order chi connectivity index (χ1) is 12.2. The normalized spacial score (nSPS) is 16.2. The molecule has 0 aliphatic heterocycles. The Morgan fingerprint density at radius 3 is 2.84 bits per heavy atom. The Morgan fingerprint density at radius 2 is 2.12 bits per heavy atom. The van der Waals surface area contributed by atoms with Crippen molar-refractivity contribution in [1.29, 1.82) is 0 Å². The van der Waals surface area contributed by atoms with Crippen molar-refractivity contribution in [2.45, 2.75) is 31.1 Å². The smallest absolute Gasteiger partial charge is 0.267 e. The van der Waals surface area contributed by atoms with E-state index in [2.05, 4.69) is 27.8 Å². The zero-order chi connectivity index (χ0) is 17.3. The Labute approximate surface area is 151 Å². The van der Waals surface area contributed by atoms with E-state index in [1.165, 1.54) is 17.7 Å². The van der Waals surface area contributed by atoms with E-state index in [1.807, 2.05) is 24.3 Å². The van der Waals surface area contributed by atoms with Gasteiger partial charge in [0, 0.05) is 33.8 Å². The highest BCUT2D eigenvalue weighted by Gasteiger charge is 2.36. The number of benzene rings is 1. The first-order valence-electron chi connectivity index (χ1n) is 8.69. The maximum absolute atomic E-state index is 12.7. The molecule has 0 unspecified atom stereocenters. The van der Waals surface area contributed by atoms with E-state index >= 15 is 0 Å². The Kier molecular flexibility index (Phi) is 4.25. The van der Waals surface area contributed by atoms with Crippen LogP contribution in [0.1, 0.15) is 41.0 Å². The predicted octanol–water partition coefficient (Wildman–Crippen LogP) is 4.48. The van der Waals surface area contributed by atoms with Crippen LogP contribution < -0.4 is 10.1 Å². The van der Waals surface area contributed by atoms with Crippen LogP contribution in [0.2, 0.25) is 0 Å². The number of fused-ring (bicyclic) bond motifs is 1. The maximum atomic E-state index is 12.7. The van der Waals surface area contributed by atoms with E-state index in [-0.39, 0.29) is 11.3 Å². The van der Waals surface area contributed by atoms with Gasteiger partial charge >= 0.3 is 0 Å². The maximum Gasteiger partial charge on any atom is 0.267 e. The van der Waals surface area contributed by atoms with Gasteiger partial charge < -0.3 is 15.0 Å². The second-order valence-corrected chi connectivity index (χ2v) is 7.73. The lowest BCUT2D eigenvalue weighted by Gasteiger charge is -2.28. The first-order valence-corrected chi connectivity index (χ1v) is 9.57. The third kappa shape index (κ3) is 3.04. The number of H-pyrrole nitrogens is 1. The summed E-state index contributed by atoms with van der Waals surface area (Å²) >= 11 is 1.80. The summed E-state index contributed by atoms with van der Waals surface area (Å²) in [4.78, 5) is 17.3. The molecule has 0 spiro atoms. The molecule has 1 aliphatic rings. The van der Waals surface area contributed by atoms with Crippen LogP contribution in [0.4, 0.5) is 0 Å². The van der Waals surface area contributed by atoms with Crippen LogP contribution in [0.15, 0.2) is 41.8 Å². The number of rotatable bonds is 5. The van der Waals surface area contributed by atoms with Crippen molar-refractivity contribution in [3.05, 3.63) is 52.3 Å². The zero-order valence-corrected chi connectivity index (χ0v) is 15.1. The lowest BCUT2D eigenvalue weighted by atomic mass is 9.84. The van der Waals surface area contributed by atoms with Crippen molar-refractivity contribution < 1.29 is 9.53 Å². The molecule has 4 rings (SSSR count). The molecule has 1 amide bonds. The number of carbonyl (C=O) groups excluding carboxylic acids is 1. The van der Waals surface area contributed by atoms with Crippen LogP contribution in [-0.2, 0) is 5.41 Å². The highest BCUT2D eigenvalue weighted by molar-refractivity contribution is 7.10. The molecule has 1 saturated carbocycles. The van der Waals surface area contributed by atoms with Crippen molar-refractivity contribution in [3.63, 3.8) is 0 Å². The van der Waals surface area contributed by atoms with E-state index in [9.17, 15) is 4.79 Å². The van der Waals surface area contributed by atoms with Gasteiger partial charge in [-0.2, -0.15) is 0 Å². The largest absolute Gasteiger partial charge is 0.497 e. The Morgan fingerprint density at radius 1 is 1.28 bits per heavy atom. The fraction of sp³-hybridized carbons (Fsp3) is 0.350. The molecule has 0 atom stereocenters. The second-order valence-electron chi connectivity index (χ2n) is 6.78. The number of thiophene rings is 1. The van der Waals surface area contributed by atoms with Gasteiger partial charge in [0.25, 0.3) is 5.91 Å². The van der Waals surface area contributed by atoms with Crippen LogP contribution in [0, 0.1) is 0 Å². The van der Waals surface area contributed by atoms with Crippen LogP contribution in [0.3, 0.4) is 0 Å². The van der Waals surface area contributed by atoms with Gasteiger partial charge in [-0.05, 0) is 42.5 Å². The molecule has 1 fully saturated rings. The molecule has 0 bridgehead atoms. The Bertz CT molecular complexity index is 876. The molecule has 5 heteroatoms. The number of aromatic amines is 1. The quantitative estimate of drug-likeness (QED) is 0.710. The lowest BCUT2D eigenvalue weighted by molar-refractivity contribution is 0.0939. The summed E-state index contributed by atoms with van der Waals surface area (Å²) in [5, 5.41) is 6.31. The fourth-order valence-corrected chi connectivity index (χ4v) is 4.83. The van der Waals surface area contributed by atoms with Crippen LogP contribution in [-0.4, -0.2) is 24.5 Å². The minimum atomic E-state index is -0.0435. The number of carbonyl (C=O) groups is 1. The van der Waals surface area contributed by atoms with Crippen LogP contribution in [0.25, 0.3) is 10.9 Å². The van der Waals surface area contributed by atoms with Gasteiger partial charge in [-0.3, -0.25) is 4.79 Å². The first kappa shape index (κ1) is 16.2. The van der Waals surface area contributed by atoms with E-state index < -0.39 is 0 Å². The van der Waals surface area contributed by atoms with Gasteiger partial charge in [-0.1, -0.05) is 18.9 Å². The molecule has 130 valence electrons. The summed E-state index contributed by atoms with van der Waals surface area (Å²) in [7, 11) is 1.64. The topological polar surface area (TPSA) is 54.1 Å². The minimum Gasteiger partial charge on any atom is -0.497 e. The molecule has 2 aromatic heterocycles. The third-order valence-corrected chi connectivity index (χ3v) is 6.38. The molecular formula is C20H22N2O2S. The average molecular weight is 354 g/mol.